The second-order valence-electron chi connectivity index (χ2n) is 3.61. The van der Waals surface area contributed by atoms with E-state index >= 15 is 0 Å². The minimum atomic E-state index is 0.248. The highest BCUT2D eigenvalue weighted by Crippen LogP contribution is 2.25. The van der Waals surface area contributed by atoms with Crippen molar-refractivity contribution >= 4 is 11.6 Å². The lowest BCUT2D eigenvalue weighted by Crippen LogP contribution is -2.09. The normalized spacial score (nSPS) is 13.6. The van der Waals surface area contributed by atoms with Gasteiger partial charge in [-0.05, 0) is 30.2 Å². The SMILES string of the molecule is CCOc1ccc(C(C)/C(=C\Cl)CN)cc1. The van der Waals surface area contributed by atoms with E-state index in [2.05, 4.69) is 6.92 Å². The minimum Gasteiger partial charge on any atom is -0.494 e. The van der Waals surface area contributed by atoms with Crippen LogP contribution < -0.4 is 10.5 Å². The highest BCUT2D eigenvalue weighted by molar-refractivity contribution is 6.25. The number of ether oxygens (including phenoxy) is 1. The maximum absolute atomic E-state index is 5.73. The van der Waals surface area contributed by atoms with E-state index in [1.54, 1.807) is 5.54 Å². The summed E-state index contributed by atoms with van der Waals surface area (Å²) in [5.41, 5.74) is 9.42. The van der Waals surface area contributed by atoms with Gasteiger partial charge in [-0.1, -0.05) is 30.7 Å². The van der Waals surface area contributed by atoms with E-state index in [9.17, 15) is 0 Å². The summed E-state index contributed by atoms with van der Waals surface area (Å²) < 4.78 is 5.39. The maximum Gasteiger partial charge on any atom is 0.119 e. The molecular formula is C13H18ClNO. The van der Waals surface area contributed by atoms with Crippen molar-refractivity contribution in [2.45, 2.75) is 19.8 Å². The molecule has 1 atom stereocenters. The molecule has 3 heteroatoms. The molecule has 0 aliphatic carbocycles. The summed E-state index contributed by atoms with van der Waals surface area (Å²) in [5.74, 6) is 1.14. The lowest BCUT2D eigenvalue weighted by molar-refractivity contribution is 0.340. The Morgan fingerprint density at radius 3 is 2.50 bits per heavy atom. The molecule has 0 amide bonds. The van der Waals surface area contributed by atoms with Crippen molar-refractivity contribution in [3.05, 3.63) is 40.9 Å². The van der Waals surface area contributed by atoms with Crippen LogP contribution >= 0.6 is 11.6 Å². The van der Waals surface area contributed by atoms with E-state index in [4.69, 9.17) is 22.1 Å². The summed E-state index contributed by atoms with van der Waals surface area (Å²) in [5, 5.41) is 0. The molecule has 0 aliphatic rings. The fourth-order valence-corrected chi connectivity index (χ4v) is 1.83. The van der Waals surface area contributed by atoms with E-state index in [1.807, 2.05) is 31.2 Å². The fourth-order valence-electron chi connectivity index (χ4n) is 1.55. The number of nitrogens with two attached hydrogens (primary N) is 1. The Morgan fingerprint density at radius 1 is 1.44 bits per heavy atom. The van der Waals surface area contributed by atoms with Gasteiger partial charge >= 0.3 is 0 Å². The predicted molar refractivity (Wildman–Crippen MR) is 69.0 cm³/mol. The lowest BCUT2D eigenvalue weighted by atomic mass is 9.94. The topological polar surface area (TPSA) is 35.2 Å². The molecule has 0 saturated heterocycles. The van der Waals surface area contributed by atoms with Crippen LogP contribution in [-0.2, 0) is 0 Å². The molecule has 0 fully saturated rings. The molecule has 1 aromatic carbocycles. The van der Waals surface area contributed by atoms with Crippen molar-refractivity contribution in [3.63, 3.8) is 0 Å². The Kier molecular flexibility index (Phi) is 5.36. The lowest BCUT2D eigenvalue weighted by Gasteiger charge is -2.14. The molecule has 2 nitrogen and oxygen atoms in total. The van der Waals surface area contributed by atoms with Crippen LogP contribution in [0, 0.1) is 0 Å². The Labute approximate surface area is 102 Å². The molecular weight excluding hydrogens is 222 g/mol. The van der Waals surface area contributed by atoms with Gasteiger partial charge in [0.2, 0.25) is 0 Å². The van der Waals surface area contributed by atoms with Crippen LogP contribution in [0.15, 0.2) is 35.4 Å². The molecule has 0 aromatic heterocycles. The van der Waals surface area contributed by atoms with Crippen molar-refractivity contribution in [3.8, 4) is 5.75 Å². The van der Waals surface area contributed by atoms with Gasteiger partial charge in [0.15, 0.2) is 0 Å². The molecule has 1 unspecified atom stereocenters. The Hall–Kier alpha value is -0.990. The van der Waals surface area contributed by atoms with E-state index < -0.39 is 0 Å². The first-order valence-electron chi connectivity index (χ1n) is 5.44. The van der Waals surface area contributed by atoms with Crippen LogP contribution in [0.3, 0.4) is 0 Å². The number of benzene rings is 1. The summed E-state index contributed by atoms with van der Waals surface area (Å²) in [7, 11) is 0. The average Bonchev–Trinajstić information content (AvgIpc) is 2.32. The standard InChI is InChI=1S/C13H18ClNO/c1-3-16-13-6-4-11(5-7-13)10(2)12(8-14)9-15/h4-8,10H,3,9,15H2,1-2H3/b12-8-. The van der Waals surface area contributed by atoms with Crippen LogP contribution in [-0.4, -0.2) is 13.2 Å². The minimum absolute atomic E-state index is 0.248. The predicted octanol–water partition coefficient (Wildman–Crippen LogP) is 3.27. The second kappa shape index (κ2) is 6.56. The third-order valence-electron chi connectivity index (χ3n) is 2.62. The summed E-state index contributed by atoms with van der Waals surface area (Å²) in [6, 6.07) is 8.03. The maximum atomic E-state index is 5.73. The fraction of sp³-hybridized carbons (Fsp3) is 0.385. The molecule has 0 aliphatic heterocycles. The molecule has 16 heavy (non-hydrogen) atoms. The molecule has 88 valence electrons. The molecule has 1 rings (SSSR count). The van der Waals surface area contributed by atoms with E-state index in [0.29, 0.717) is 13.2 Å². The zero-order valence-corrected chi connectivity index (χ0v) is 10.5. The van der Waals surface area contributed by atoms with Crippen molar-refractivity contribution in [1.82, 2.24) is 0 Å². The molecule has 0 radical (unpaired) electrons. The largest absolute Gasteiger partial charge is 0.494 e. The number of hydrogen-bond donors (Lipinski definition) is 1. The van der Waals surface area contributed by atoms with Crippen molar-refractivity contribution in [2.75, 3.05) is 13.2 Å². The third kappa shape index (κ3) is 3.26. The average molecular weight is 240 g/mol. The van der Waals surface area contributed by atoms with Gasteiger partial charge in [-0.3, -0.25) is 0 Å². The highest BCUT2D eigenvalue weighted by Gasteiger charge is 2.09. The van der Waals surface area contributed by atoms with Crippen molar-refractivity contribution in [2.24, 2.45) is 5.73 Å². The first kappa shape index (κ1) is 13.1. The molecule has 0 spiro atoms. The van der Waals surface area contributed by atoms with Crippen molar-refractivity contribution in [1.29, 1.82) is 0 Å². The summed E-state index contributed by atoms with van der Waals surface area (Å²) in [6.07, 6.45) is 0. The zero-order chi connectivity index (χ0) is 12.0. The number of halogens is 1. The van der Waals surface area contributed by atoms with Gasteiger partial charge in [0.25, 0.3) is 0 Å². The molecule has 1 aromatic rings. The van der Waals surface area contributed by atoms with Crippen LogP contribution in [0.4, 0.5) is 0 Å². The Morgan fingerprint density at radius 2 is 2.06 bits per heavy atom. The first-order chi connectivity index (χ1) is 7.72. The van der Waals surface area contributed by atoms with Gasteiger partial charge in [-0.25, -0.2) is 0 Å². The Bertz CT molecular complexity index is 345. The summed E-state index contributed by atoms with van der Waals surface area (Å²) in [4.78, 5) is 0. The van der Waals surface area contributed by atoms with Gasteiger partial charge in [0.1, 0.15) is 5.75 Å². The van der Waals surface area contributed by atoms with Gasteiger partial charge in [-0.2, -0.15) is 0 Å². The van der Waals surface area contributed by atoms with Crippen LogP contribution in [0.25, 0.3) is 0 Å². The quantitative estimate of drug-likeness (QED) is 0.856. The smallest absolute Gasteiger partial charge is 0.119 e. The van der Waals surface area contributed by atoms with Gasteiger partial charge in [-0.15, -0.1) is 0 Å². The van der Waals surface area contributed by atoms with Gasteiger partial charge in [0.05, 0.1) is 6.61 Å². The van der Waals surface area contributed by atoms with E-state index in [0.717, 1.165) is 11.3 Å². The third-order valence-corrected chi connectivity index (χ3v) is 2.90. The summed E-state index contributed by atoms with van der Waals surface area (Å²) >= 11 is 5.73. The first-order valence-corrected chi connectivity index (χ1v) is 5.88. The molecule has 0 saturated carbocycles. The summed E-state index contributed by atoms with van der Waals surface area (Å²) in [6.45, 7) is 5.23. The Balaban J connectivity index is 2.81. The van der Waals surface area contributed by atoms with Crippen LogP contribution in [0.2, 0.25) is 0 Å². The molecule has 0 heterocycles. The van der Waals surface area contributed by atoms with Crippen molar-refractivity contribution < 1.29 is 4.74 Å². The molecule has 2 N–H and O–H groups in total. The van der Waals surface area contributed by atoms with Crippen LogP contribution in [0.5, 0.6) is 5.75 Å². The molecule has 0 bridgehead atoms. The van der Waals surface area contributed by atoms with Gasteiger partial charge < -0.3 is 10.5 Å². The van der Waals surface area contributed by atoms with Gasteiger partial charge in [0, 0.05) is 18.0 Å². The van der Waals surface area contributed by atoms with E-state index in [1.165, 1.54) is 5.56 Å². The number of hydrogen-bond acceptors (Lipinski definition) is 2. The zero-order valence-electron chi connectivity index (χ0n) is 9.74. The monoisotopic (exact) mass is 239 g/mol. The highest BCUT2D eigenvalue weighted by atomic mass is 35.5. The van der Waals surface area contributed by atoms with E-state index in [-0.39, 0.29) is 5.92 Å². The number of rotatable bonds is 5. The van der Waals surface area contributed by atoms with Crippen LogP contribution in [0.1, 0.15) is 25.3 Å². The second-order valence-corrected chi connectivity index (χ2v) is 3.83.